The van der Waals surface area contributed by atoms with Gasteiger partial charge in [-0.3, -0.25) is 9.59 Å². The van der Waals surface area contributed by atoms with E-state index < -0.39 is 24.0 Å². The van der Waals surface area contributed by atoms with Crippen molar-refractivity contribution < 1.29 is 23.8 Å². The maximum atomic E-state index is 11.9. The number of carbonyl (C=O) groups excluding carboxylic acids is 2. The Balaban J connectivity index is 0.997. The third kappa shape index (κ3) is 11.8. The fourth-order valence-corrected chi connectivity index (χ4v) is 8.11. The van der Waals surface area contributed by atoms with Crippen molar-refractivity contribution in [3.8, 4) is 5.75 Å². The number of esters is 2. The van der Waals surface area contributed by atoms with Gasteiger partial charge in [-0.1, -0.05) is 105 Å². The number of nitrogens with two attached hydrogens (primary N) is 4. The number of ether oxygens (including phenoxy) is 3. The fraction of sp³-hybridized carbons (Fsp3) is 0.412. The van der Waals surface area contributed by atoms with Crippen LogP contribution in [0, 0.1) is 0 Å². The van der Waals surface area contributed by atoms with Gasteiger partial charge in [-0.05, 0) is 131 Å². The third-order valence-electron chi connectivity index (χ3n) is 11.7. The molecule has 2 atom stereocenters. The number of rotatable bonds is 23. The highest BCUT2D eigenvalue weighted by Crippen LogP contribution is 2.39. The zero-order chi connectivity index (χ0) is 42.4. The van der Waals surface area contributed by atoms with Crippen LogP contribution >= 0.6 is 0 Å². The minimum Gasteiger partial charge on any atom is -0.493 e. The van der Waals surface area contributed by atoms with Crippen molar-refractivity contribution in [2.24, 2.45) is 22.9 Å². The van der Waals surface area contributed by atoms with E-state index in [-0.39, 0.29) is 13.1 Å². The van der Waals surface area contributed by atoms with Crippen LogP contribution in [-0.4, -0.2) is 56.9 Å². The summed E-state index contributed by atoms with van der Waals surface area (Å²) in [5.41, 5.74) is 38.2. The van der Waals surface area contributed by atoms with Gasteiger partial charge in [0.25, 0.3) is 0 Å². The Morgan fingerprint density at radius 2 is 1.28 bits per heavy atom. The zero-order valence-electron chi connectivity index (χ0n) is 35.6. The molecule has 0 aliphatic heterocycles. The molecule has 4 aromatic carbocycles. The number of hydrogen-bond acceptors (Lipinski definition) is 9. The molecule has 2 aliphatic carbocycles. The SMILES string of the molecule is CC(C)c1ccc(CCCCCc2ccccc2C2=Cc3cccc(OCCCCOC(=O)C(N)CN)c3C2)c(C2=Cc3ccc(CCCOC(=O)C(N)CN)cc3C2)c1. The number of allylic oxidation sites excluding steroid dienone is 2. The molecule has 0 amide bonds. The second-order valence-corrected chi connectivity index (χ2v) is 16.5. The molecule has 0 saturated heterocycles. The molecular formula is C51H64N4O5. The van der Waals surface area contributed by atoms with Crippen molar-refractivity contribution in [3.05, 3.63) is 134 Å². The number of fused-ring (bicyclic) bond motifs is 2. The molecule has 0 radical (unpaired) electrons. The van der Waals surface area contributed by atoms with Gasteiger partial charge < -0.3 is 37.1 Å². The van der Waals surface area contributed by atoms with E-state index in [0.29, 0.717) is 32.2 Å². The van der Waals surface area contributed by atoms with Crippen molar-refractivity contribution in [3.63, 3.8) is 0 Å². The number of carbonyl (C=O) groups is 2. The lowest BCUT2D eigenvalue weighted by Crippen LogP contribution is -2.39. The average Bonchev–Trinajstić information content (AvgIpc) is 3.90. The molecule has 9 heteroatoms. The van der Waals surface area contributed by atoms with Gasteiger partial charge >= 0.3 is 11.9 Å². The average molecular weight is 813 g/mol. The highest BCUT2D eigenvalue weighted by molar-refractivity contribution is 5.91. The molecule has 0 heterocycles. The molecule has 0 fully saturated rings. The van der Waals surface area contributed by atoms with Crippen LogP contribution in [0.1, 0.15) is 114 Å². The van der Waals surface area contributed by atoms with Crippen LogP contribution in [0.4, 0.5) is 0 Å². The van der Waals surface area contributed by atoms with Gasteiger partial charge in [0, 0.05) is 25.1 Å². The molecule has 0 aromatic heterocycles. The minimum absolute atomic E-state index is 0.0782. The van der Waals surface area contributed by atoms with E-state index in [9.17, 15) is 9.59 Å². The summed E-state index contributed by atoms with van der Waals surface area (Å²) in [6.45, 7) is 5.90. The van der Waals surface area contributed by atoms with Crippen LogP contribution in [0.2, 0.25) is 0 Å². The smallest absolute Gasteiger partial charge is 0.324 e. The summed E-state index contributed by atoms with van der Waals surface area (Å²) in [6, 6.07) is 27.5. The first-order valence-electron chi connectivity index (χ1n) is 21.9. The zero-order valence-corrected chi connectivity index (χ0v) is 35.6. The van der Waals surface area contributed by atoms with E-state index in [1.54, 1.807) is 0 Å². The maximum absolute atomic E-state index is 11.9. The Bertz CT molecular complexity index is 2160. The molecule has 6 rings (SSSR count). The van der Waals surface area contributed by atoms with E-state index in [2.05, 4.69) is 105 Å². The number of benzene rings is 4. The minimum atomic E-state index is -0.767. The van der Waals surface area contributed by atoms with E-state index in [0.717, 1.165) is 70.0 Å². The molecule has 0 bridgehead atoms. The monoisotopic (exact) mass is 812 g/mol. The Kier molecular flexibility index (Phi) is 16.3. The van der Waals surface area contributed by atoms with Gasteiger partial charge in [0.2, 0.25) is 0 Å². The van der Waals surface area contributed by atoms with Crippen LogP contribution in [0.5, 0.6) is 5.75 Å². The molecule has 8 N–H and O–H groups in total. The Morgan fingerprint density at radius 3 is 2.02 bits per heavy atom. The van der Waals surface area contributed by atoms with E-state index in [1.807, 2.05) is 0 Å². The normalized spacial score (nSPS) is 14.0. The summed E-state index contributed by atoms with van der Waals surface area (Å²) in [5.74, 6) is 0.487. The third-order valence-corrected chi connectivity index (χ3v) is 11.7. The molecule has 9 nitrogen and oxygen atoms in total. The second-order valence-electron chi connectivity index (χ2n) is 16.5. The van der Waals surface area contributed by atoms with E-state index in [4.69, 9.17) is 37.1 Å². The summed E-state index contributed by atoms with van der Waals surface area (Å²) < 4.78 is 16.7. The topological polar surface area (TPSA) is 166 Å². The van der Waals surface area contributed by atoms with Gasteiger partial charge in [0.05, 0.1) is 19.8 Å². The molecule has 2 unspecified atom stereocenters. The van der Waals surface area contributed by atoms with Gasteiger partial charge in [0.15, 0.2) is 0 Å². The fourth-order valence-electron chi connectivity index (χ4n) is 8.11. The largest absolute Gasteiger partial charge is 0.493 e. The first-order valence-corrected chi connectivity index (χ1v) is 21.9. The number of unbranched alkanes of at least 4 members (excludes halogenated alkanes) is 3. The molecule has 2 aliphatic rings. The van der Waals surface area contributed by atoms with Crippen LogP contribution in [0.15, 0.2) is 78.9 Å². The lowest BCUT2D eigenvalue weighted by atomic mass is 9.89. The van der Waals surface area contributed by atoms with Crippen LogP contribution in [0.3, 0.4) is 0 Å². The summed E-state index contributed by atoms with van der Waals surface area (Å²) in [4.78, 5) is 23.6. The predicted octanol–water partition coefficient (Wildman–Crippen LogP) is 7.71. The second kappa shape index (κ2) is 22.0. The summed E-state index contributed by atoms with van der Waals surface area (Å²) in [5, 5.41) is 0. The Hall–Kier alpha value is -5.06. The Morgan fingerprint density at radius 1 is 0.617 bits per heavy atom. The van der Waals surface area contributed by atoms with Crippen molar-refractivity contribution in [2.45, 2.75) is 102 Å². The van der Waals surface area contributed by atoms with Gasteiger partial charge in [-0.2, -0.15) is 0 Å². The highest BCUT2D eigenvalue weighted by atomic mass is 16.5. The predicted molar refractivity (Wildman–Crippen MR) is 243 cm³/mol. The van der Waals surface area contributed by atoms with Crippen molar-refractivity contribution >= 4 is 35.2 Å². The first kappa shape index (κ1) is 44.5. The van der Waals surface area contributed by atoms with Gasteiger partial charge in [-0.15, -0.1) is 0 Å². The van der Waals surface area contributed by atoms with Crippen LogP contribution in [-0.2, 0) is 51.2 Å². The molecule has 0 saturated carbocycles. The first-order chi connectivity index (χ1) is 29.1. The maximum Gasteiger partial charge on any atom is 0.324 e. The summed E-state index contributed by atoms with van der Waals surface area (Å²) in [7, 11) is 0. The van der Waals surface area contributed by atoms with Gasteiger partial charge in [-0.25, -0.2) is 0 Å². The van der Waals surface area contributed by atoms with E-state index >= 15 is 0 Å². The molecule has 0 spiro atoms. The molecule has 4 aromatic rings. The summed E-state index contributed by atoms with van der Waals surface area (Å²) >= 11 is 0. The summed E-state index contributed by atoms with van der Waals surface area (Å²) in [6.07, 6.45) is 15.0. The lowest BCUT2D eigenvalue weighted by Gasteiger charge is -2.15. The van der Waals surface area contributed by atoms with Crippen LogP contribution in [0.25, 0.3) is 23.3 Å². The number of aryl methyl sites for hydroxylation is 3. The van der Waals surface area contributed by atoms with E-state index in [1.165, 1.54) is 66.8 Å². The van der Waals surface area contributed by atoms with Crippen molar-refractivity contribution in [2.75, 3.05) is 32.9 Å². The molecule has 60 heavy (non-hydrogen) atoms. The Labute approximate surface area is 356 Å². The lowest BCUT2D eigenvalue weighted by molar-refractivity contribution is -0.145. The van der Waals surface area contributed by atoms with Crippen molar-refractivity contribution in [1.29, 1.82) is 0 Å². The quantitative estimate of drug-likeness (QED) is 0.0434. The molecule has 318 valence electrons. The number of hydrogen-bond donors (Lipinski definition) is 4. The molecular weight excluding hydrogens is 749 g/mol. The van der Waals surface area contributed by atoms with Crippen molar-refractivity contribution in [1.82, 2.24) is 0 Å². The standard InChI is InChI=1S/C51H64N4O5/c1-34(2)38-22-21-37(45(30-38)42-27-39-20-19-35(26-41(39)29-42)12-11-25-60-51(57)48(55)33-53)14-5-3-4-13-36-15-6-7-17-44(36)43-28-40-16-10-18-49(46(40)31-43)58-23-8-9-24-59-50(56)47(54)32-52/h6-7,10,15-22,26-28,30,34,47-48H,3-5,8-9,11-14,23-25,29,31-33,52-55H2,1-2H3. The highest BCUT2D eigenvalue weighted by Gasteiger charge is 2.21. The van der Waals surface area contributed by atoms with Crippen LogP contribution < -0.4 is 27.7 Å². The van der Waals surface area contributed by atoms with Gasteiger partial charge in [0.1, 0.15) is 17.8 Å².